The van der Waals surface area contributed by atoms with Gasteiger partial charge in [-0.15, -0.1) is 0 Å². The zero-order chi connectivity index (χ0) is 24.1. The zero-order valence-electron chi connectivity index (χ0n) is 20.5. The first-order chi connectivity index (χ1) is 15.3. The van der Waals surface area contributed by atoms with Crippen LogP contribution in [0.15, 0.2) is 12.2 Å². The van der Waals surface area contributed by atoms with Crippen molar-refractivity contribution in [3.63, 3.8) is 0 Å². The summed E-state index contributed by atoms with van der Waals surface area (Å²) in [6.45, 7) is 8.92. The first-order valence-corrected chi connectivity index (χ1v) is 14.0. The zero-order valence-corrected chi connectivity index (χ0v) is 21.3. The lowest BCUT2D eigenvalue weighted by Gasteiger charge is -2.11. The standard InChI is InChI=1S/C24H47N2O.H2O4S/c1-3-5-6-7-8-9-10-11-12-13-14-15-16-17-18-19-24-25(4-2)20-21-26(24)22-23-27;1-5(2,3)4/h11-12,27H,3-10,13-23H2,1-2H3;(H2,1,2,3,4)/q+1;/p-1/b12-11+;. The molecule has 0 aliphatic carbocycles. The van der Waals surface area contributed by atoms with Crippen molar-refractivity contribution < 1.29 is 27.2 Å². The molecule has 0 radical (unpaired) electrons. The largest absolute Gasteiger partial charge is 0.726 e. The van der Waals surface area contributed by atoms with Crippen LogP contribution in [0.1, 0.15) is 104 Å². The molecular weight excluding hydrogens is 428 g/mol. The summed E-state index contributed by atoms with van der Waals surface area (Å²) < 4.78 is 35.2. The lowest BCUT2D eigenvalue weighted by atomic mass is 10.1. The summed E-state index contributed by atoms with van der Waals surface area (Å²) in [6, 6.07) is 0. The van der Waals surface area contributed by atoms with Crippen LogP contribution in [0, 0.1) is 0 Å². The Kier molecular flexibility index (Phi) is 20.0. The highest BCUT2D eigenvalue weighted by atomic mass is 32.3. The number of aliphatic hydroxyl groups excluding tert-OH is 1. The molecule has 0 aromatic heterocycles. The first kappa shape index (κ1) is 31.0. The average molecular weight is 477 g/mol. The number of likely N-dealkylation sites (N-methyl/N-ethyl adjacent to an activating group) is 1. The Bertz CT molecular complexity index is 598. The summed E-state index contributed by atoms with van der Waals surface area (Å²) in [5, 5.41) is 9.23. The maximum absolute atomic E-state index is 9.23. The van der Waals surface area contributed by atoms with E-state index in [1.165, 1.54) is 95.7 Å². The minimum atomic E-state index is -4.92. The predicted octanol–water partition coefficient (Wildman–Crippen LogP) is 4.77. The molecule has 0 fully saturated rings. The van der Waals surface area contributed by atoms with E-state index in [1.54, 1.807) is 0 Å². The Hall–Kier alpha value is -0.960. The molecule has 1 rings (SSSR count). The number of aliphatic hydroxyl groups is 1. The highest BCUT2D eigenvalue weighted by molar-refractivity contribution is 7.79. The van der Waals surface area contributed by atoms with Gasteiger partial charge in [-0.3, -0.25) is 14.0 Å². The summed E-state index contributed by atoms with van der Waals surface area (Å²) >= 11 is 0. The van der Waals surface area contributed by atoms with Crippen LogP contribution >= 0.6 is 0 Å². The van der Waals surface area contributed by atoms with Gasteiger partial charge in [0.05, 0.1) is 13.2 Å². The second-order valence-electron chi connectivity index (χ2n) is 8.47. The summed E-state index contributed by atoms with van der Waals surface area (Å²) in [4.78, 5) is 2.49. The van der Waals surface area contributed by atoms with E-state index in [2.05, 4.69) is 35.5 Å². The van der Waals surface area contributed by atoms with Gasteiger partial charge >= 0.3 is 0 Å². The SMILES string of the molecule is CCCCCCCC/C=C/CCCCCCCC1=[N+](CCO)CCN1CC.O=S(=O)([O-])O. The number of hydrogen-bond acceptors (Lipinski definition) is 5. The molecular formula is C24H48N2O5S. The molecule has 1 aliphatic heterocycles. The number of unbranched alkanes of at least 4 members (excludes halogenated alkanes) is 11. The maximum atomic E-state index is 9.23. The quantitative estimate of drug-likeness (QED) is 0.0971. The molecule has 0 unspecified atom stereocenters. The Labute approximate surface area is 197 Å². The molecule has 0 spiro atoms. The summed E-state index contributed by atoms with van der Waals surface area (Å²) in [5.74, 6) is 1.48. The molecule has 1 aliphatic rings. The number of allylic oxidation sites excluding steroid dienone is 2. The highest BCUT2D eigenvalue weighted by Crippen LogP contribution is 2.13. The van der Waals surface area contributed by atoms with Gasteiger partial charge in [0.15, 0.2) is 0 Å². The van der Waals surface area contributed by atoms with Crippen LogP contribution in [0.5, 0.6) is 0 Å². The number of nitrogens with zero attached hydrogens (tertiary/aromatic N) is 2. The third-order valence-corrected chi connectivity index (χ3v) is 5.78. The predicted molar refractivity (Wildman–Crippen MR) is 131 cm³/mol. The van der Waals surface area contributed by atoms with Gasteiger partial charge in [-0.05, 0) is 39.0 Å². The summed E-state index contributed by atoms with van der Waals surface area (Å²) in [5.41, 5.74) is 0. The van der Waals surface area contributed by atoms with Crippen LogP contribution in [0.25, 0.3) is 0 Å². The van der Waals surface area contributed by atoms with Gasteiger partial charge in [-0.25, -0.2) is 8.42 Å². The van der Waals surface area contributed by atoms with Crippen molar-refractivity contribution in [2.24, 2.45) is 0 Å². The molecule has 32 heavy (non-hydrogen) atoms. The Morgan fingerprint density at radius 3 is 1.94 bits per heavy atom. The molecule has 0 saturated heterocycles. The van der Waals surface area contributed by atoms with Crippen LogP contribution < -0.4 is 0 Å². The number of rotatable bonds is 18. The van der Waals surface area contributed by atoms with E-state index in [0.29, 0.717) is 0 Å². The number of β-amino-alcohol motifs (C(OH)–C–C–N with tert-alkyl or cyclic N) is 1. The van der Waals surface area contributed by atoms with Crippen molar-refractivity contribution >= 4 is 16.2 Å². The van der Waals surface area contributed by atoms with Gasteiger partial charge < -0.3 is 9.66 Å². The molecule has 190 valence electrons. The van der Waals surface area contributed by atoms with Crippen molar-refractivity contribution in [3.05, 3.63) is 12.2 Å². The molecule has 0 bridgehead atoms. The lowest BCUT2D eigenvalue weighted by Crippen LogP contribution is -2.30. The number of hydrogen-bond donors (Lipinski definition) is 2. The second-order valence-corrected chi connectivity index (χ2v) is 9.32. The monoisotopic (exact) mass is 476 g/mol. The van der Waals surface area contributed by atoms with Crippen molar-refractivity contribution in [1.29, 1.82) is 0 Å². The molecule has 2 N–H and O–H groups in total. The van der Waals surface area contributed by atoms with Gasteiger partial charge in [0.1, 0.15) is 19.6 Å². The molecule has 0 aromatic carbocycles. The molecule has 1 heterocycles. The Morgan fingerprint density at radius 1 is 0.938 bits per heavy atom. The van der Waals surface area contributed by atoms with E-state index in [9.17, 15) is 5.11 Å². The van der Waals surface area contributed by atoms with Gasteiger partial charge in [-0.1, -0.05) is 70.4 Å². The van der Waals surface area contributed by atoms with Crippen LogP contribution in [-0.2, 0) is 10.4 Å². The first-order valence-electron chi connectivity index (χ1n) is 12.6. The molecule has 0 saturated carbocycles. The van der Waals surface area contributed by atoms with E-state index in [4.69, 9.17) is 17.5 Å². The fourth-order valence-electron chi connectivity index (χ4n) is 4.07. The van der Waals surface area contributed by atoms with Crippen molar-refractivity contribution in [2.75, 3.05) is 32.8 Å². The molecule has 7 nitrogen and oxygen atoms in total. The molecule has 0 atom stereocenters. The minimum absolute atomic E-state index is 0.271. The Morgan fingerprint density at radius 2 is 1.44 bits per heavy atom. The smallest absolute Gasteiger partial charge is 0.247 e. The highest BCUT2D eigenvalue weighted by Gasteiger charge is 2.27. The fourth-order valence-corrected chi connectivity index (χ4v) is 4.07. The molecule has 8 heteroatoms. The Balaban J connectivity index is 0.00000172. The van der Waals surface area contributed by atoms with E-state index < -0.39 is 10.4 Å². The minimum Gasteiger partial charge on any atom is -0.726 e. The van der Waals surface area contributed by atoms with Crippen LogP contribution in [0.3, 0.4) is 0 Å². The van der Waals surface area contributed by atoms with Crippen molar-refractivity contribution in [2.45, 2.75) is 104 Å². The average Bonchev–Trinajstić information content (AvgIpc) is 3.11. The third kappa shape index (κ3) is 19.7. The maximum Gasteiger partial charge on any atom is 0.247 e. The van der Waals surface area contributed by atoms with Crippen molar-refractivity contribution in [3.8, 4) is 0 Å². The van der Waals surface area contributed by atoms with Gasteiger partial charge in [-0.2, -0.15) is 0 Å². The van der Waals surface area contributed by atoms with E-state index in [-0.39, 0.29) is 6.61 Å². The summed E-state index contributed by atoms with van der Waals surface area (Å²) in [6.07, 6.45) is 23.7. The van der Waals surface area contributed by atoms with E-state index in [1.807, 2.05) is 0 Å². The normalized spacial score (nSPS) is 14.3. The van der Waals surface area contributed by atoms with E-state index in [0.717, 1.165) is 26.2 Å². The fraction of sp³-hybridized carbons (Fsp3) is 0.875. The van der Waals surface area contributed by atoms with Gasteiger partial charge in [0.2, 0.25) is 16.2 Å². The topological polar surface area (TPSA) is 104 Å². The van der Waals surface area contributed by atoms with Crippen LogP contribution in [0.2, 0.25) is 0 Å². The van der Waals surface area contributed by atoms with Crippen LogP contribution in [0.4, 0.5) is 0 Å². The van der Waals surface area contributed by atoms with Crippen LogP contribution in [-0.4, -0.2) is 70.7 Å². The van der Waals surface area contributed by atoms with E-state index >= 15 is 0 Å². The lowest BCUT2D eigenvalue weighted by molar-refractivity contribution is -0.521. The van der Waals surface area contributed by atoms with Crippen molar-refractivity contribution in [1.82, 2.24) is 4.90 Å². The molecule has 0 amide bonds. The molecule has 0 aromatic rings. The van der Waals surface area contributed by atoms with Gasteiger partial charge in [0.25, 0.3) is 0 Å². The van der Waals surface area contributed by atoms with Gasteiger partial charge in [0, 0.05) is 6.42 Å². The number of amidine groups is 1. The second kappa shape index (κ2) is 20.6. The third-order valence-electron chi connectivity index (χ3n) is 5.78. The summed E-state index contributed by atoms with van der Waals surface area (Å²) in [7, 11) is -4.92.